The number of hydrogen-bond acceptors (Lipinski definition) is 3. The predicted octanol–water partition coefficient (Wildman–Crippen LogP) is 3.32. The van der Waals surface area contributed by atoms with Gasteiger partial charge in [0.05, 0.1) is 11.0 Å². The van der Waals surface area contributed by atoms with Crippen LogP contribution in [0.5, 0.6) is 0 Å². The number of rotatable bonds is 2. The van der Waals surface area contributed by atoms with Gasteiger partial charge < -0.3 is 0 Å². The van der Waals surface area contributed by atoms with Gasteiger partial charge in [0, 0.05) is 0 Å². The highest BCUT2D eigenvalue weighted by Crippen LogP contribution is 2.37. The van der Waals surface area contributed by atoms with Gasteiger partial charge in [-0.2, -0.15) is 0 Å². The van der Waals surface area contributed by atoms with Crippen LogP contribution < -0.4 is 5.43 Å². The minimum atomic E-state index is -0.697. The highest BCUT2D eigenvalue weighted by molar-refractivity contribution is 6.33. The first-order chi connectivity index (χ1) is 12.5. The fraction of sp³-hybridized carbons (Fsp3) is 0.211. The van der Waals surface area contributed by atoms with E-state index >= 15 is 0 Å². The fourth-order valence-electron chi connectivity index (χ4n) is 3.31. The third kappa shape index (κ3) is 2.54. The van der Waals surface area contributed by atoms with Gasteiger partial charge in [0.2, 0.25) is 0 Å². The normalized spacial score (nSPS) is 19.5. The van der Waals surface area contributed by atoms with Gasteiger partial charge in [0.25, 0.3) is 5.91 Å². The second-order valence-corrected chi connectivity index (χ2v) is 6.84. The van der Waals surface area contributed by atoms with Crippen LogP contribution in [0.15, 0.2) is 48.5 Å². The monoisotopic (exact) mass is 368 g/mol. The number of alkyl halides is 1. The first-order valence-electron chi connectivity index (χ1n) is 8.26. The third-order valence-corrected chi connectivity index (χ3v) is 4.99. The van der Waals surface area contributed by atoms with Gasteiger partial charge in [-0.25, -0.2) is 24.8 Å². The minimum Gasteiger partial charge on any atom is -0.271 e. The summed E-state index contributed by atoms with van der Waals surface area (Å²) in [5, 5.41) is 0.598. The number of amides is 2. The van der Waals surface area contributed by atoms with E-state index in [0.717, 1.165) is 16.6 Å². The highest BCUT2D eigenvalue weighted by atomic mass is 35.5. The van der Waals surface area contributed by atoms with Gasteiger partial charge in [0.1, 0.15) is 17.2 Å². The third-order valence-electron chi connectivity index (χ3n) is 4.56. The van der Waals surface area contributed by atoms with Gasteiger partial charge >= 0.3 is 6.03 Å². The van der Waals surface area contributed by atoms with Gasteiger partial charge in [0.15, 0.2) is 0 Å². The van der Waals surface area contributed by atoms with E-state index < -0.39 is 17.5 Å². The molecule has 4 rings (SSSR count). The van der Waals surface area contributed by atoms with Crippen LogP contribution in [-0.4, -0.2) is 31.9 Å². The molecular weight excluding hydrogens is 352 g/mol. The number of benzene rings is 2. The van der Waals surface area contributed by atoms with E-state index in [1.54, 1.807) is 6.92 Å². The molecule has 7 heteroatoms. The molecular formula is C19H17ClN4O2. The molecule has 1 aliphatic rings. The van der Waals surface area contributed by atoms with Crippen molar-refractivity contribution in [2.45, 2.75) is 25.3 Å². The number of hydrogen-bond donors (Lipinski definition) is 1. The minimum absolute atomic E-state index is 0.325. The van der Waals surface area contributed by atoms with Crippen LogP contribution in [0, 0.1) is 13.8 Å². The van der Waals surface area contributed by atoms with Crippen molar-refractivity contribution in [1.82, 2.24) is 20.0 Å². The Morgan fingerprint density at radius 2 is 1.92 bits per heavy atom. The molecule has 1 N–H and O–H groups in total. The number of halogens is 1. The zero-order chi connectivity index (χ0) is 18.4. The largest absolute Gasteiger partial charge is 0.346 e. The zero-order valence-corrected chi connectivity index (χ0v) is 15.1. The predicted molar refractivity (Wildman–Crippen MR) is 98.8 cm³/mol. The standard InChI is InChI=1S/C19H17ClN4O2/c1-11-6-5-7-13(10-11)17-16(20)18(25)24(17)22-19(26)23-12(2)21-14-8-3-4-9-15(14)23/h3-10,16-17H,1-2H3,(H,22,26). The van der Waals surface area contributed by atoms with Crippen LogP contribution in [0.4, 0.5) is 4.79 Å². The van der Waals surface area contributed by atoms with Gasteiger partial charge in [-0.05, 0) is 31.5 Å². The summed E-state index contributed by atoms with van der Waals surface area (Å²) in [4.78, 5) is 29.4. The summed E-state index contributed by atoms with van der Waals surface area (Å²) >= 11 is 6.22. The summed E-state index contributed by atoms with van der Waals surface area (Å²) in [5.41, 5.74) is 6.04. The molecule has 2 atom stereocenters. The molecule has 132 valence electrons. The zero-order valence-electron chi connectivity index (χ0n) is 14.3. The van der Waals surface area contributed by atoms with Gasteiger partial charge in [-0.1, -0.05) is 42.0 Å². The lowest BCUT2D eigenvalue weighted by molar-refractivity contribution is -0.149. The number of hydrazine groups is 1. The Morgan fingerprint density at radius 1 is 1.15 bits per heavy atom. The van der Waals surface area contributed by atoms with Crippen molar-refractivity contribution in [3.63, 3.8) is 0 Å². The van der Waals surface area contributed by atoms with Crippen LogP contribution in [0.1, 0.15) is 23.0 Å². The summed E-state index contributed by atoms with van der Waals surface area (Å²) in [6.45, 7) is 3.72. The first-order valence-corrected chi connectivity index (χ1v) is 8.70. The Morgan fingerprint density at radius 3 is 2.69 bits per heavy atom. The van der Waals surface area contributed by atoms with Gasteiger partial charge in [-0.3, -0.25) is 4.79 Å². The van der Waals surface area contributed by atoms with Crippen molar-refractivity contribution in [2.24, 2.45) is 0 Å². The average molecular weight is 369 g/mol. The number of nitrogens with one attached hydrogen (secondary N) is 1. The van der Waals surface area contributed by atoms with Crippen LogP contribution >= 0.6 is 11.6 Å². The van der Waals surface area contributed by atoms with Crippen molar-refractivity contribution in [2.75, 3.05) is 0 Å². The smallest absolute Gasteiger partial charge is 0.271 e. The molecule has 2 amide bonds. The van der Waals surface area contributed by atoms with E-state index in [-0.39, 0.29) is 5.91 Å². The summed E-state index contributed by atoms with van der Waals surface area (Å²) in [5.74, 6) is 0.222. The van der Waals surface area contributed by atoms with E-state index in [0.29, 0.717) is 11.3 Å². The number of aromatic nitrogens is 2. The van der Waals surface area contributed by atoms with Crippen molar-refractivity contribution < 1.29 is 9.59 Å². The maximum Gasteiger partial charge on any atom is 0.346 e. The maximum absolute atomic E-state index is 12.8. The van der Waals surface area contributed by atoms with Crippen molar-refractivity contribution >= 4 is 34.6 Å². The molecule has 3 aromatic rings. The Balaban J connectivity index is 1.64. The number of fused-ring (bicyclic) bond motifs is 1. The van der Waals surface area contributed by atoms with Crippen molar-refractivity contribution in [1.29, 1.82) is 0 Å². The number of carbonyl (C=O) groups excluding carboxylic acids is 2. The number of para-hydroxylation sites is 2. The van der Waals surface area contributed by atoms with E-state index in [2.05, 4.69) is 10.4 Å². The lowest BCUT2D eigenvalue weighted by atomic mass is 9.94. The van der Waals surface area contributed by atoms with Crippen molar-refractivity contribution in [3.8, 4) is 0 Å². The molecule has 1 aliphatic heterocycles. The Labute approximate surface area is 155 Å². The molecule has 6 nitrogen and oxygen atoms in total. The molecule has 2 aromatic carbocycles. The summed E-state index contributed by atoms with van der Waals surface area (Å²) in [6.07, 6.45) is 0. The van der Waals surface area contributed by atoms with E-state index in [4.69, 9.17) is 11.6 Å². The van der Waals surface area contributed by atoms with Crippen LogP contribution in [0.3, 0.4) is 0 Å². The van der Waals surface area contributed by atoms with Crippen LogP contribution in [-0.2, 0) is 4.79 Å². The lowest BCUT2D eigenvalue weighted by Gasteiger charge is -2.43. The quantitative estimate of drug-likeness (QED) is 0.557. The number of β-lactam (4-membered cyclic amide) rings is 1. The molecule has 26 heavy (non-hydrogen) atoms. The molecule has 1 fully saturated rings. The number of carbonyl (C=O) groups is 2. The maximum atomic E-state index is 12.8. The van der Waals surface area contributed by atoms with E-state index in [1.807, 2.05) is 55.5 Å². The Hall–Kier alpha value is -2.86. The molecule has 1 aromatic heterocycles. The molecule has 0 bridgehead atoms. The highest BCUT2D eigenvalue weighted by Gasteiger charge is 2.48. The molecule has 0 radical (unpaired) electrons. The molecule has 0 spiro atoms. The average Bonchev–Trinajstić information content (AvgIpc) is 2.96. The molecule has 0 saturated carbocycles. The van der Waals surface area contributed by atoms with E-state index in [9.17, 15) is 9.59 Å². The summed E-state index contributed by atoms with van der Waals surface area (Å²) in [7, 11) is 0. The Kier molecular flexibility index (Phi) is 3.92. The Bertz CT molecular complexity index is 1030. The second kappa shape index (κ2) is 6.14. The summed E-state index contributed by atoms with van der Waals surface area (Å²) in [6, 6.07) is 14.3. The molecule has 1 saturated heterocycles. The molecule has 2 heterocycles. The first kappa shape index (κ1) is 16.6. The van der Waals surface area contributed by atoms with Crippen molar-refractivity contribution in [3.05, 3.63) is 65.5 Å². The fourth-order valence-corrected chi connectivity index (χ4v) is 3.67. The molecule has 2 unspecified atom stereocenters. The van der Waals surface area contributed by atoms with Gasteiger partial charge in [-0.15, -0.1) is 11.6 Å². The topological polar surface area (TPSA) is 67.2 Å². The SMILES string of the molecule is Cc1cccc(C2C(Cl)C(=O)N2NC(=O)n2c(C)nc3ccccc32)c1. The number of imidazole rings is 1. The van der Waals surface area contributed by atoms with Crippen LogP contribution in [0.25, 0.3) is 11.0 Å². The summed E-state index contributed by atoms with van der Waals surface area (Å²) < 4.78 is 1.46. The van der Waals surface area contributed by atoms with E-state index in [1.165, 1.54) is 9.58 Å². The second-order valence-electron chi connectivity index (χ2n) is 6.37. The lowest BCUT2D eigenvalue weighted by Crippen LogP contribution is -2.63. The number of aryl methyl sites for hydroxylation is 2. The molecule has 0 aliphatic carbocycles. The van der Waals surface area contributed by atoms with Crippen LogP contribution in [0.2, 0.25) is 0 Å². The number of nitrogens with zero attached hydrogens (tertiary/aromatic N) is 3.